The Kier molecular flexibility index (Phi) is 533. The van der Waals surface area contributed by atoms with Gasteiger partial charge in [-0.2, -0.15) is 0 Å². The van der Waals surface area contributed by atoms with E-state index in [9.17, 15) is 0 Å². The van der Waals surface area contributed by atoms with E-state index in [1.165, 1.54) is 0 Å². The molecule has 0 aromatic heterocycles. The molecular formula is C4H10Cl4MgO2Ti. The molecule has 0 aliphatic rings. The van der Waals surface area contributed by atoms with Crippen molar-refractivity contribution in [3.8, 4) is 0 Å². The Hall–Kier alpha value is 2.56. The van der Waals surface area contributed by atoms with Gasteiger partial charge in [0.1, 0.15) is 0 Å². The van der Waals surface area contributed by atoms with Gasteiger partial charge < -0.3 is 59.8 Å². The van der Waals surface area contributed by atoms with E-state index in [-0.39, 0.29) is 108 Å². The minimum Gasteiger partial charge on any atom is -1.00 e. The average molecular weight is 304 g/mol. The SMILES string of the molecule is CC[O-].CC[O-].[Cl-].[Cl-].[Cl-].[Cl-].[Mg+2].[Ti+4]. The van der Waals surface area contributed by atoms with Gasteiger partial charge in [-0.1, -0.05) is 13.8 Å². The van der Waals surface area contributed by atoms with Crippen molar-refractivity contribution in [3.63, 3.8) is 0 Å². The Morgan fingerprint density at radius 1 is 0.750 bits per heavy atom. The summed E-state index contributed by atoms with van der Waals surface area (Å²) < 4.78 is 0. The molecule has 0 radical (unpaired) electrons. The first-order valence-electron chi connectivity index (χ1n) is 1.99. The van der Waals surface area contributed by atoms with E-state index in [1.807, 2.05) is 0 Å². The summed E-state index contributed by atoms with van der Waals surface area (Å²) in [6.45, 7) is 3.14. The summed E-state index contributed by atoms with van der Waals surface area (Å²) in [5.41, 5.74) is 0. The fraction of sp³-hybridized carbons (Fsp3) is 1.00. The van der Waals surface area contributed by atoms with Crippen LogP contribution in [0.3, 0.4) is 0 Å². The van der Waals surface area contributed by atoms with Crippen molar-refractivity contribution in [2.45, 2.75) is 13.8 Å². The Balaban J connectivity index is -0.00000000296. The van der Waals surface area contributed by atoms with Crippen molar-refractivity contribution in [2.75, 3.05) is 13.2 Å². The molecule has 2 nitrogen and oxygen atoms in total. The third-order valence-electron chi connectivity index (χ3n) is 0. The second kappa shape index (κ2) is 103. The molecule has 0 saturated carbocycles. The van der Waals surface area contributed by atoms with E-state index in [1.54, 1.807) is 13.8 Å². The molecule has 0 rings (SSSR count). The standard InChI is InChI=1S/2C2H5O.4ClH.Mg.Ti/c2*1-2-3;;;;;;/h2*2H2,1H3;4*1H;;/q2*-1;;;;;+2;+4/p-4. The zero-order valence-electron chi connectivity index (χ0n) is 6.95. The maximum atomic E-state index is 8.93. The van der Waals surface area contributed by atoms with E-state index in [0.29, 0.717) is 0 Å². The molecule has 0 unspecified atom stereocenters. The smallest absolute Gasteiger partial charge is 1.00 e. The van der Waals surface area contributed by atoms with E-state index >= 15 is 0 Å². The van der Waals surface area contributed by atoms with E-state index in [2.05, 4.69) is 0 Å². The molecule has 0 aliphatic heterocycles. The Morgan fingerprint density at radius 3 is 0.750 bits per heavy atom. The molecule has 8 heteroatoms. The summed E-state index contributed by atoms with van der Waals surface area (Å²) in [6.07, 6.45) is 0. The number of rotatable bonds is 0. The summed E-state index contributed by atoms with van der Waals surface area (Å²) >= 11 is 0. The molecule has 0 fully saturated rings. The Bertz CT molecular complexity index is 27.0. The molecule has 12 heavy (non-hydrogen) atoms. The van der Waals surface area contributed by atoms with Crippen molar-refractivity contribution in [1.82, 2.24) is 0 Å². The number of hydrogen-bond donors (Lipinski definition) is 0. The summed E-state index contributed by atoms with van der Waals surface area (Å²) in [5, 5.41) is 17.9. The van der Waals surface area contributed by atoms with Crippen LogP contribution in [0.1, 0.15) is 13.8 Å². The Labute approximate surface area is 130 Å². The molecule has 0 N–H and O–H groups in total. The second-order valence-electron chi connectivity index (χ2n) is 0.577. The molecular weight excluding hydrogens is 294 g/mol. The zero-order chi connectivity index (χ0) is 5.41. The van der Waals surface area contributed by atoms with Crippen LogP contribution in [0.25, 0.3) is 0 Å². The summed E-state index contributed by atoms with van der Waals surface area (Å²) in [6, 6.07) is 0. The maximum absolute atomic E-state index is 8.93. The molecule has 72 valence electrons. The van der Waals surface area contributed by atoms with Crippen LogP contribution in [0, 0.1) is 0 Å². The molecule has 0 atom stereocenters. The van der Waals surface area contributed by atoms with Gasteiger partial charge in [-0.3, -0.25) is 0 Å². The normalized spacial score (nSPS) is 3.00. The van der Waals surface area contributed by atoms with Gasteiger partial charge in [-0.25, -0.2) is 0 Å². The number of halogens is 4. The van der Waals surface area contributed by atoms with Gasteiger partial charge in [-0.05, 0) is 0 Å². The molecule has 0 amide bonds. The maximum Gasteiger partial charge on any atom is 4.00 e. The first-order chi connectivity index (χ1) is 2.83. The summed E-state index contributed by atoms with van der Waals surface area (Å²) in [5.74, 6) is 0. The molecule has 0 heterocycles. The van der Waals surface area contributed by atoms with Crippen LogP contribution in [0.5, 0.6) is 0 Å². The van der Waals surface area contributed by atoms with E-state index in [4.69, 9.17) is 10.2 Å². The van der Waals surface area contributed by atoms with Gasteiger partial charge in [0.05, 0.1) is 0 Å². The van der Waals surface area contributed by atoms with Crippen molar-refractivity contribution in [3.05, 3.63) is 0 Å². The molecule has 0 saturated heterocycles. The van der Waals surface area contributed by atoms with Crippen molar-refractivity contribution < 1.29 is 81.6 Å². The molecule has 0 aliphatic carbocycles. The molecule has 0 aromatic carbocycles. The fourth-order valence-electron chi connectivity index (χ4n) is 0. The first kappa shape index (κ1) is 62.2. The van der Waals surface area contributed by atoms with Gasteiger partial charge in [0.2, 0.25) is 0 Å². The predicted octanol–water partition coefficient (Wildman–Crippen LogP) is -13.6. The van der Waals surface area contributed by atoms with Crippen molar-refractivity contribution in [1.29, 1.82) is 0 Å². The zero-order valence-corrected chi connectivity index (χ0v) is 12.9. The van der Waals surface area contributed by atoms with Crippen molar-refractivity contribution >= 4 is 23.1 Å². The molecule has 0 bridgehead atoms. The summed E-state index contributed by atoms with van der Waals surface area (Å²) in [4.78, 5) is 0. The topological polar surface area (TPSA) is 46.1 Å². The predicted molar refractivity (Wildman–Crippen MR) is 26.8 cm³/mol. The minimum atomic E-state index is 0. The van der Waals surface area contributed by atoms with Crippen LogP contribution in [-0.2, 0) is 21.7 Å². The third kappa shape index (κ3) is 256. The van der Waals surface area contributed by atoms with E-state index < -0.39 is 0 Å². The minimum absolute atomic E-state index is 0. The first-order valence-corrected chi connectivity index (χ1v) is 1.99. The number of hydrogen-bond acceptors (Lipinski definition) is 2. The van der Waals surface area contributed by atoms with E-state index in [0.717, 1.165) is 0 Å². The van der Waals surface area contributed by atoms with Gasteiger partial charge >= 0.3 is 44.8 Å². The van der Waals surface area contributed by atoms with Gasteiger partial charge in [0, 0.05) is 0 Å². The van der Waals surface area contributed by atoms with Crippen LogP contribution < -0.4 is 59.8 Å². The molecule has 0 aromatic rings. The van der Waals surface area contributed by atoms with Crippen molar-refractivity contribution in [2.24, 2.45) is 0 Å². The van der Waals surface area contributed by atoms with Gasteiger partial charge in [-0.15, -0.1) is 13.2 Å². The van der Waals surface area contributed by atoms with Crippen LogP contribution in [0.15, 0.2) is 0 Å². The Morgan fingerprint density at radius 2 is 0.750 bits per heavy atom. The summed E-state index contributed by atoms with van der Waals surface area (Å²) in [7, 11) is 0. The van der Waals surface area contributed by atoms with Gasteiger partial charge in [0.25, 0.3) is 0 Å². The van der Waals surface area contributed by atoms with Crippen LogP contribution >= 0.6 is 0 Å². The van der Waals surface area contributed by atoms with Gasteiger partial charge in [0.15, 0.2) is 0 Å². The monoisotopic (exact) mass is 302 g/mol. The van der Waals surface area contributed by atoms with Crippen LogP contribution in [-0.4, -0.2) is 36.3 Å². The average Bonchev–Trinajstić information content (AvgIpc) is 1.39. The molecule has 0 spiro atoms. The largest absolute Gasteiger partial charge is 4.00 e. The van der Waals surface area contributed by atoms with Crippen LogP contribution in [0.2, 0.25) is 0 Å². The fourth-order valence-corrected chi connectivity index (χ4v) is 0. The quantitative estimate of drug-likeness (QED) is 0.417. The van der Waals surface area contributed by atoms with Crippen LogP contribution in [0.4, 0.5) is 0 Å². The second-order valence-corrected chi connectivity index (χ2v) is 0.577. The third-order valence-corrected chi connectivity index (χ3v) is 0.